The number of amides is 1. The number of methoxy groups -OCH3 is 2. The zero-order chi connectivity index (χ0) is 22.7. The Balaban J connectivity index is 1.75. The molecule has 0 aliphatic rings. The van der Waals surface area contributed by atoms with Crippen molar-refractivity contribution in [1.29, 1.82) is 0 Å². The van der Waals surface area contributed by atoms with E-state index in [0.29, 0.717) is 39.7 Å². The highest BCUT2D eigenvalue weighted by atomic mass is 16.5. The first-order valence-electron chi connectivity index (χ1n) is 10.0. The molecule has 2 aromatic heterocycles. The third kappa shape index (κ3) is 4.18. The van der Waals surface area contributed by atoms with Crippen LogP contribution in [0.2, 0.25) is 0 Å². The highest BCUT2D eigenvalue weighted by Gasteiger charge is 2.16. The van der Waals surface area contributed by atoms with Crippen LogP contribution in [0.25, 0.3) is 22.2 Å². The predicted octanol–water partition coefficient (Wildman–Crippen LogP) is 4.97. The Hall–Kier alpha value is -4.13. The lowest BCUT2D eigenvalue weighted by molar-refractivity contribution is 0.0956. The van der Waals surface area contributed by atoms with Crippen molar-refractivity contribution in [3.05, 3.63) is 77.7 Å². The van der Waals surface area contributed by atoms with Gasteiger partial charge in [0, 0.05) is 17.0 Å². The number of aryl methyl sites for hydroxylation is 1. The van der Waals surface area contributed by atoms with Gasteiger partial charge in [-0.25, -0.2) is 10.4 Å². The largest absolute Gasteiger partial charge is 0.497 e. The van der Waals surface area contributed by atoms with E-state index < -0.39 is 0 Å². The summed E-state index contributed by atoms with van der Waals surface area (Å²) < 4.78 is 16.4. The molecular formula is C25H23N3O4. The van der Waals surface area contributed by atoms with Crippen molar-refractivity contribution >= 4 is 22.5 Å². The second kappa shape index (κ2) is 8.93. The molecule has 0 bridgehead atoms. The fourth-order valence-electron chi connectivity index (χ4n) is 3.39. The SMILES string of the molecule is COc1ccc(-c2cc(C(=O)N/N=C(/C)c3ccc(C)o3)c3ccccc3n2)c(OC)c1. The number of aromatic nitrogens is 1. The van der Waals surface area contributed by atoms with E-state index in [2.05, 4.69) is 10.5 Å². The van der Waals surface area contributed by atoms with Crippen LogP contribution in [0.15, 0.2) is 70.2 Å². The number of furan rings is 1. The fourth-order valence-corrected chi connectivity index (χ4v) is 3.39. The number of hydrogen-bond donors (Lipinski definition) is 1. The molecule has 0 atom stereocenters. The van der Waals surface area contributed by atoms with Crippen molar-refractivity contribution in [3.63, 3.8) is 0 Å². The molecule has 0 saturated carbocycles. The standard InChI is InChI=1S/C25H23N3O4/c1-15-9-12-23(32-15)16(2)27-28-25(29)20-14-22(26-21-8-6-5-7-18(20)21)19-11-10-17(30-3)13-24(19)31-4/h5-14H,1-4H3,(H,28,29)/b27-16-. The van der Waals surface area contributed by atoms with E-state index in [1.165, 1.54) is 0 Å². The van der Waals surface area contributed by atoms with E-state index in [4.69, 9.17) is 18.9 Å². The van der Waals surface area contributed by atoms with E-state index in [1.807, 2.05) is 55.5 Å². The van der Waals surface area contributed by atoms with Crippen molar-refractivity contribution in [2.24, 2.45) is 5.10 Å². The highest BCUT2D eigenvalue weighted by molar-refractivity contribution is 6.08. The van der Waals surface area contributed by atoms with Crippen LogP contribution in [0, 0.1) is 6.92 Å². The Bertz CT molecular complexity index is 1320. The van der Waals surface area contributed by atoms with Gasteiger partial charge in [0.2, 0.25) is 0 Å². The summed E-state index contributed by atoms with van der Waals surface area (Å²) in [6.07, 6.45) is 0. The van der Waals surface area contributed by atoms with Gasteiger partial charge >= 0.3 is 0 Å². The molecule has 4 rings (SSSR count). The van der Waals surface area contributed by atoms with Crippen molar-refractivity contribution in [3.8, 4) is 22.8 Å². The number of pyridine rings is 1. The van der Waals surface area contributed by atoms with E-state index in [1.54, 1.807) is 33.3 Å². The molecule has 0 spiro atoms. The van der Waals surface area contributed by atoms with E-state index in [9.17, 15) is 4.79 Å². The van der Waals surface area contributed by atoms with Crippen LogP contribution in [-0.4, -0.2) is 30.8 Å². The van der Waals surface area contributed by atoms with Gasteiger partial charge in [0.05, 0.1) is 31.0 Å². The molecule has 7 nitrogen and oxygen atoms in total. The summed E-state index contributed by atoms with van der Waals surface area (Å²) in [5.41, 5.74) is 5.71. The molecule has 0 radical (unpaired) electrons. The van der Waals surface area contributed by atoms with Crippen molar-refractivity contribution < 1.29 is 18.7 Å². The Morgan fingerprint density at radius 1 is 1.03 bits per heavy atom. The number of hydrogen-bond acceptors (Lipinski definition) is 6. The Morgan fingerprint density at radius 2 is 1.84 bits per heavy atom. The maximum atomic E-state index is 13.1. The first-order valence-corrected chi connectivity index (χ1v) is 10.0. The van der Waals surface area contributed by atoms with Gasteiger partial charge in [0.1, 0.15) is 28.7 Å². The lowest BCUT2D eigenvalue weighted by Gasteiger charge is -2.13. The normalized spacial score (nSPS) is 11.4. The van der Waals surface area contributed by atoms with Crippen LogP contribution >= 0.6 is 0 Å². The molecule has 0 aliphatic heterocycles. The first kappa shape index (κ1) is 21.1. The minimum Gasteiger partial charge on any atom is -0.497 e. The van der Waals surface area contributed by atoms with Gasteiger partial charge in [-0.15, -0.1) is 0 Å². The van der Waals surface area contributed by atoms with Gasteiger partial charge < -0.3 is 13.9 Å². The van der Waals surface area contributed by atoms with Gasteiger partial charge in [-0.05, 0) is 50.2 Å². The maximum absolute atomic E-state index is 13.1. The topological polar surface area (TPSA) is 86.0 Å². The highest BCUT2D eigenvalue weighted by Crippen LogP contribution is 2.34. The Kier molecular flexibility index (Phi) is 5.89. The van der Waals surface area contributed by atoms with E-state index >= 15 is 0 Å². The second-order valence-corrected chi connectivity index (χ2v) is 7.19. The number of hydrazone groups is 1. The molecule has 0 unspecified atom stereocenters. The number of carbonyl (C=O) groups excluding carboxylic acids is 1. The lowest BCUT2D eigenvalue weighted by atomic mass is 10.0. The fraction of sp³-hybridized carbons (Fsp3) is 0.160. The summed E-state index contributed by atoms with van der Waals surface area (Å²) in [4.78, 5) is 17.9. The number of ether oxygens (including phenoxy) is 2. The molecule has 2 heterocycles. The van der Waals surface area contributed by atoms with E-state index in [0.717, 1.165) is 16.7 Å². The molecule has 0 saturated heterocycles. The third-order valence-electron chi connectivity index (χ3n) is 5.07. The van der Waals surface area contributed by atoms with Crippen LogP contribution in [0.1, 0.15) is 28.8 Å². The molecule has 162 valence electrons. The molecule has 1 amide bonds. The zero-order valence-corrected chi connectivity index (χ0v) is 18.3. The van der Waals surface area contributed by atoms with Crippen LogP contribution in [0.3, 0.4) is 0 Å². The second-order valence-electron chi connectivity index (χ2n) is 7.19. The molecule has 4 aromatic rings. The van der Waals surface area contributed by atoms with Gasteiger partial charge in [0.15, 0.2) is 0 Å². The molecule has 7 heteroatoms. The summed E-state index contributed by atoms with van der Waals surface area (Å²) in [6.45, 7) is 3.63. The molecular weight excluding hydrogens is 406 g/mol. The number of benzene rings is 2. The van der Waals surface area contributed by atoms with E-state index in [-0.39, 0.29) is 5.91 Å². The zero-order valence-electron chi connectivity index (χ0n) is 18.3. The lowest BCUT2D eigenvalue weighted by Crippen LogP contribution is -2.20. The molecule has 32 heavy (non-hydrogen) atoms. The average molecular weight is 429 g/mol. The Labute approximate surface area is 185 Å². The first-order chi connectivity index (χ1) is 15.5. The van der Waals surface area contributed by atoms with Gasteiger partial charge in [0.25, 0.3) is 5.91 Å². The molecule has 1 N–H and O–H groups in total. The van der Waals surface area contributed by atoms with Gasteiger partial charge in [-0.3, -0.25) is 4.79 Å². The number of nitrogens with zero attached hydrogens (tertiary/aromatic N) is 2. The number of rotatable bonds is 6. The predicted molar refractivity (Wildman–Crippen MR) is 123 cm³/mol. The molecule has 0 aliphatic carbocycles. The van der Waals surface area contributed by atoms with Crippen molar-refractivity contribution in [2.75, 3.05) is 14.2 Å². The quantitative estimate of drug-likeness (QED) is 0.345. The number of para-hydroxylation sites is 1. The Morgan fingerprint density at radius 3 is 2.56 bits per heavy atom. The smallest absolute Gasteiger partial charge is 0.272 e. The van der Waals surface area contributed by atoms with Crippen molar-refractivity contribution in [2.45, 2.75) is 13.8 Å². The van der Waals surface area contributed by atoms with Crippen LogP contribution in [0.5, 0.6) is 11.5 Å². The minimum absolute atomic E-state index is 0.347. The number of carbonyl (C=O) groups is 1. The van der Waals surface area contributed by atoms with Crippen LogP contribution in [-0.2, 0) is 0 Å². The van der Waals surface area contributed by atoms with Gasteiger partial charge in [-0.1, -0.05) is 18.2 Å². The molecule has 0 fully saturated rings. The maximum Gasteiger partial charge on any atom is 0.272 e. The summed E-state index contributed by atoms with van der Waals surface area (Å²) in [5, 5.41) is 4.94. The summed E-state index contributed by atoms with van der Waals surface area (Å²) in [6, 6.07) is 18.4. The van der Waals surface area contributed by atoms with Crippen LogP contribution < -0.4 is 14.9 Å². The summed E-state index contributed by atoms with van der Waals surface area (Å²) in [7, 11) is 3.18. The van der Waals surface area contributed by atoms with Gasteiger partial charge in [-0.2, -0.15) is 5.10 Å². The number of fused-ring (bicyclic) bond motifs is 1. The van der Waals surface area contributed by atoms with Crippen molar-refractivity contribution in [1.82, 2.24) is 10.4 Å². The summed E-state index contributed by atoms with van der Waals surface area (Å²) >= 11 is 0. The van der Waals surface area contributed by atoms with Crippen LogP contribution in [0.4, 0.5) is 0 Å². The monoisotopic (exact) mass is 429 g/mol. The third-order valence-corrected chi connectivity index (χ3v) is 5.07. The molecule has 2 aromatic carbocycles. The number of nitrogens with one attached hydrogen (secondary N) is 1. The minimum atomic E-state index is -0.347. The summed E-state index contributed by atoms with van der Waals surface area (Å²) in [5.74, 6) is 2.30. The average Bonchev–Trinajstić information content (AvgIpc) is 3.27.